The minimum atomic E-state index is -0.292. The normalized spacial score (nSPS) is 14.4. The predicted octanol–water partition coefficient (Wildman–Crippen LogP) is 2.43. The number of para-hydroxylation sites is 1. The quantitative estimate of drug-likeness (QED) is 0.767. The fourth-order valence-corrected chi connectivity index (χ4v) is 3.18. The van der Waals surface area contributed by atoms with Gasteiger partial charge >= 0.3 is 0 Å². The molecule has 1 aliphatic heterocycles. The fourth-order valence-electron chi connectivity index (χ4n) is 3.18. The molecule has 1 fully saturated rings. The number of piperazine rings is 1. The molecule has 2 aromatic rings. The van der Waals surface area contributed by atoms with E-state index in [-0.39, 0.29) is 18.3 Å². The minimum Gasteiger partial charge on any atom is -0.496 e. The number of hydrogen-bond donors (Lipinski definition) is 0. The Morgan fingerprint density at radius 2 is 1.89 bits per heavy atom. The van der Waals surface area contributed by atoms with Gasteiger partial charge in [-0.15, -0.1) is 0 Å². The van der Waals surface area contributed by atoms with Crippen LogP contribution >= 0.6 is 0 Å². The SMILES string of the molecule is COc1ccc(F)cc1CN1CCN(C(=O)COc2ccccc2C#N)CC1. The highest BCUT2D eigenvalue weighted by molar-refractivity contribution is 5.78. The molecule has 0 spiro atoms. The number of carbonyl (C=O) groups is 1. The van der Waals surface area contributed by atoms with E-state index in [1.165, 1.54) is 12.1 Å². The van der Waals surface area contributed by atoms with Gasteiger partial charge in [-0.05, 0) is 30.3 Å². The van der Waals surface area contributed by atoms with Crippen molar-refractivity contribution in [2.24, 2.45) is 0 Å². The third-order valence-electron chi connectivity index (χ3n) is 4.72. The number of carbonyl (C=O) groups excluding carboxylic acids is 1. The summed E-state index contributed by atoms with van der Waals surface area (Å²) in [4.78, 5) is 16.3. The first kappa shape index (κ1) is 19.6. The maximum Gasteiger partial charge on any atom is 0.260 e. The van der Waals surface area contributed by atoms with E-state index in [0.29, 0.717) is 49.8 Å². The Hall–Kier alpha value is -3.11. The smallest absolute Gasteiger partial charge is 0.260 e. The van der Waals surface area contributed by atoms with Crippen molar-refractivity contribution < 1.29 is 18.7 Å². The number of halogens is 1. The van der Waals surface area contributed by atoms with Gasteiger partial charge in [-0.2, -0.15) is 5.26 Å². The molecule has 0 unspecified atom stereocenters. The van der Waals surface area contributed by atoms with E-state index < -0.39 is 0 Å². The first-order valence-corrected chi connectivity index (χ1v) is 9.05. The van der Waals surface area contributed by atoms with Gasteiger partial charge in [-0.3, -0.25) is 9.69 Å². The molecule has 0 N–H and O–H groups in total. The zero-order valence-corrected chi connectivity index (χ0v) is 15.7. The van der Waals surface area contributed by atoms with Crippen LogP contribution in [0.2, 0.25) is 0 Å². The molecule has 28 heavy (non-hydrogen) atoms. The molecule has 0 bridgehead atoms. The fraction of sp³-hybridized carbons (Fsp3) is 0.333. The molecular weight excluding hydrogens is 361 g/mol. The molecule has 6 nitrogen and oxygen atoms in total. The van der Waals surface area contributed by atoms with Crippen molar-refractivity contribution in [3.63, 3.8) is 0 Å². The Labute approximate surface area is 163 Å². The molecule has 1 aliphatic rings. The van der Waals surface area contributed by atoms with E-state index in [1.54, 1.807) is 42.3 Å². The van der Waals surface area contributed by atoms with Crippen LogP contribution in [0.4, 0.5) is 4.39 Å². The van der Waals surface area contributed by atoms with Gasteiger partial charge in [0.15, 0.2) is 6.61 Å². The van der Waals surface area contributed by atoms with Gasteiger partial charge in [0.1, 0.15) is 23.4 Å². The summed E-state index contributed by atoms with van der Waals surface area (Å²) < 4.78 is 24.3. The Kier molecular flexibility index (Phi) is 6.45. The van der Waals surface area contributed by atoms with Gasteiger partial charge in [0.2, 0.25) is 0 Å². The van der Waals surface area contributed by atoms with Crippen LogP contribution in [0.1, 0.15) is 11.1 Å². The number of rotatable bonds is 6. The van der Waals surface area contributed by atoms with Gasteiger partial charge < -0.3 is 14.4 Å². The molecule has 3 rings (SSSR count). The summed E-state index contributed by atoms with van der Waals surface area (Å²) in [5.74, 6) is 0.662. The lowest BCUT2D eigenvalue weighted by molar-refractivity contribution is -0.135. The molecule has 1 amide bonds. The lowest BCUT2D eigenvalue weighted by Crippen LogP contribution is -2.49. The van der Waals surface area contributed by atoms with E-state index in [4.69, 9.17) is 14.7 Å². The number of nitrogens with zero attached hydrogens (tertiary/aromatic N) is 3. The molecule has 1 heterocycles. The average molecular weight is 383 g/mol. The number of hydrogen-bond acceptors (Lipinski definition) is 5. The van der Waals surface area contributed by atoms with Crippen LogP contribution in [-0.2, 0) is 11.3 Å². The highest BCUT2D eigenvalue weighted by Crippen LogP contribution is 2.22. The lowest BCUT2D eigenvalue weighted by Gasteiger charge is -2.34. The average Bonchev–Trinajstić information content (AvgIpc) is 2.73. The van der Waals surface area contributed by atoms with Gasteiger partial charge in [-0.25, -0.2) is 4.39 Å². The highest BCUT2D eigenvalue weighted by Gasteiger charge is 2.22. The minimum absolute atomic E-state index is 0.101. The standard InChI is InChI=1S/C21H22FN3O3/c1-27-19-7-6-18(22)12-17(19)14-24-8-10-25(11-9-24)21(26)15-28-20-5-3-2-4-16(20)13-23/h2-7,12H,8-11,14-15H2,1H3. The van der Waals surface area contributed by atoms with E-state index >= 15 is 0 Å². The molecule has 0 aliphatic carbocycles. The van der Waals surface area contributed by atoms with E-state index in [2.05, 4.69) is 4.90 Å². The monoisotopic (exact) mass is 383 g/mol. The van der Waals surface area contributed by atoms with Crippen molar-refractivity contribution in [2.45, 2.75) is 6.54 Å². The number of benzene rings is 2. The molecule has 0 atom stereocenters. The van der Waals surface area contributed by atoms with Crippen molar-refractivity contribution in [3.8, 4) is 17.6 Å². The molecule has 0 saturated carbocycles. The third kappa shape index (κ3) is 4.78. The summed E-state index contributed by atoms with van der Waals surface area (Å²) in [5.41, 5.74) is 1.20. The van der Waals surface area contributed by atoms with Gasteiger partial charge in [0.05, 0.1) is 12.7 Å². The van der Waals surface area contributed by atoms with Crippen molar-refractivity contribution in [1.29, 1.82) is 5.26 Å². The van der Waals surface area contributed by atoms with Crippen LogP contribution in [0.25, 0.3) is 0 Å². The summed E-state index contributed by atoms with van der Waals surface area (Å²) in [7, 11) is 1.57. The lowest BCUT2D eigenvalue weighted by atomic mass is 10.1. The predicted molar refractivity (Wildman–Crippen MR) is 101 cm³/mol. The van der Waals surface area contributed by atoms with Crippen LogP contribution in [0.5, 0.6) is 11.5 Å². The first-order valence-electron chi connectivity index (χ1n) is 9.05. The number of methoxy groups -OCH3 is 1. The molecular formula is C21H22FN3O3. The van der Waals surface area contributed by atoms with Gasteiger partial charge in [0, 0.05) is 38.3 Å². The summed E-state index contributed by atoms with van der Waals surface area (Å²) >= 11 is 0. The van der Waals surface area contributed by atoms with Crippen molar-refractivity contribution in [1.82, 2.24) is 9.80 Å². The van der Waals surface area contributed by atoms with Crippen LogP contribution in [-0.4, -0.2) is 55.6 Å². The Morgan fingerprint density at radius 1 is 1.14 bits per heavy atom. The number of nitriles is 1. The molecule has 1 saturated heterocycles. The molecule has 0 radical (unpaired) electrons. The second-order valence-electron chi connectivity index (χ2n) is 6.51. The van der Waals surface area contributed by atoms with Gasteiger partial charge in [-0.1, -0.05) is 12.1 Å². The highest BCUT2D eigenvalue weighted by atomic mass is 19.1. The molecule has 7 heteroatoms. The van der Waals surface area contributed by atoms with E-state index in [1.807, 2.05) is 6.07 Å². The summed E-state index contributed by atoms with van der Waals surface area (Å²) in [5, 5.41) is 9.07. The zero-order valence-electron chi connectivity index (χ0n) is 15.7. The Balaban J connectivity index is 1.50. The Bertz CT molecular complexity index is 873. The summed E-state index contributed by atoms with van der Waals surface area (Å²) in [6, 6.07) is 13.4. The molecule has 0 aromatic heterocycles. The first-order chi connectivity index (χ1) is 13.6. The van der Waals surface area contributed by atoms with E-state index in [0.717, 1.165) is 5.56 Å². The summed E-state index contributed by atoms with van der Waals surface area (Å²) in [6.45, 7) is 2.96. The largest absolute Gasteiger partial charge is 0.496 e. The third-order valence-corrected chi connectivity index (χ3v) is 4.72. The van der Waals surface area contributed by atoms with Crippen LogP contribution < -0.4 is 9.47 Å². The maximum atomic E-state index is 13.5. The van der Waals surface area contributed by atoms with Crippen LogP contribution in [0.3, 0.4) is 0 Å². The molecule has 2 aromatic carbocycles. The maximum absolute atomic E-state index is 13.5. The van der Waals surface area contributed by atoms with Crippen LogP contribution in [0, 0.1) is 17.1 Å². The molecule has 146 valence electrons. The second-order valence-corrected chi connectivity index (χ2v) is 6.51. The Morgan fingerprint density at radius 3 is 2.61 bits per heavy atom. The number of ether oxygens (including phenoxy) is 2. The topological polar surface area (TPSA) is 65.8 Å². The number of amides is 1. The second kappa shape index (κ2) is 9.20. The van der Waals surface area contributed by atoms with Crippen molar-refractivity contribution >= 4 is 5.91 Å². The van der Waals surface area contributed by atoms with Crippen LogP contribution in [0.15, 0.2) is 42.5 Å². The van der Waals surface area contributed by atoms with Crippen molar-refractivity contribution in [2.75, 3.05) is 39.9 Å². The summed E-state index contributed by atoms with van der Waals surface area (Å²) in [6.07, 6.45) is 0. The van der Waals surface area contributed by atoms with Gasteiger partial charge in [0.25, 0.3) is 5.91 Å². The van der Waals surface area contributed by atoms with Crippen molar-refractivity contribution in [3.05, 3.63) is 59.4 Å². The van der Waals surface area contributed by atoms with E-state index in [9.17, 15) is 9.18 Å². The zero-order chi connectivity index (χ0) is 19.9.